The minimum Gasteiger partial charge on any atom is -0.355 e. The topological polar surface area (TPSA) is 15.8 Å². The van der Waals surface area contributed by atoms with Crippen LogP contribution in [-0.2, 0) is 0 Å². The van der Waals surface area contributed by atoms with E-state index < -0.39 is 0 Å². The Morgan fingerprint density at radius 1 is 0.600 bits per heavy atom. The van der Waals surface area contributed by atoms with Crippen molar-refractivity contribution >= 4 is 44.5 Å². The lowest BCUT2D eigenvalue weighted by molar-refractivity contribution is 1.55. The number of fused-ring (bicyclic) bond motifs is 3. The lowest BCUT2D eigenvalue weighted by Crippen LogP contribution is -1.74. The fourth-order valence-electron chi connectivity index (χ4n) is 3.38. The number of rotatable bonds is 2. The number of thiophene rings is 2. The SMILES string of the molecule is Cc1ccc(-c2ccc3[nH]c4ccc(-c5ccc(C)s5)cc4c3c2)s1. The van der Waals surface area contributed by atoms with Gasteiger partial charge in [0.25, 0.3) is 0 Å². The summed E-state index contributed by atoms with van der Waals surface area (Å²) in [7, 11) is 0. The van der Waals surface area contributed by atoms with E-state index in [9.17, 15) is 0 Å². The van der Waals surface area contributed by atoms with Crippen molar-refractivity contribution in [3.8, 4) is 20.9 Å². The zero-order chi connectivity index (χ0) is 17.0. The molecule has 0 saturated heterocycles. The minimum absolute atomic E-state index is 1.20. The van der Waals surface area contributed by atoms with Gasteiger partial charge in [0, 0.05) is 41.3 Å². The van der Waals surface area contributed by atoms with Gasteiger partial charge in [-0.1, -0.05) is 12.1 Å². The average Bonchev–Trinajstić information content (AvgIpc) is 3.32. The number of aromatic nitrogens is 1. The minimum atomic E-state index is 1.20. The maximum Gasteiger partial charge on any atom is 0.0465 e. The van der Waals surface area contributed by atoms with Gasteiger partial charge < -0.3 is 4.98 Å². The molecule has 0 amide bonds. The molecule has 0 fully saturated rings. The molecule has 0 atom stereocenters. The van der Waals surface area contributed by atoms with Crippen LogP contribution in [0.4, 0.5) is 0 Å². The second-order valence-corrected chi connectivity index (χ2v) is 9.04. The van der Waals surface area contributed by atoms with E-state index >= 15 is 0 Å². The van der Waals surface area contributed by atoms with Gasteiger partial charge in [0.1, 0.15) is 0 Å². The van der Waals surface area contributed by atoms with Crippen LogP contribution in [0, 0.1) is 13.8 Å². The molecule has 0 spiro atoms. The second kappa shape index (κ2) is 5.58. The van der Waals surface area contributed by atoms with E-state index in [-0.39, 0.29) is 0 Å². The molecular weight excluding hydrogens is 342 g/mol. The summed E-state index contributed by atoms with van der Waals surface area (Å²) in [6, 6.07) is 22.3. The van der Waals surface area contributed by atoms with Crippen LogP contribution in [0.3, 0.4) is 0 Å². The van der Waals surface area contributed by atoms with Crippen molar-refractivity contribution in [1.29, 1.82) is 0 Å². The van der Waals surface area contributed by atoms with Crippen LogP contribution in [0.2, 0.25) is 0 Å². The zero-order valence-electron chi connectivity index (χ0n) is 14.1. The predicted octanol–water partition coefficient (Wildman–Crippen LogP) is 7.39. The first kappa shape index (κ1) is 14.9. The van der Waals surface area contributed by atoms with Crippen molar-refractivity contribution < 1.29 is 0 Å². The Labute approximate surface area is 154 Å². The van der Waals surface area contributed by atoms with Gasteiger partial charge in [-0.05, 0) is 73.5 Å². The van der Waals surface area contributed by atoms with Gasteiger partial charge in [-0.15, -0.1) is 22.7 Å². The quantitative estimate of drug-likeness (QED) is 0.338. The Balaban J connectivity index is 1.72. The highest BCUT2D eigenvalue weighted by Crippen LogP contribution is 2.36. The lowest BCUT2D eigenvalue weighted by Gasteiger charge is -2.00. The molecule has 3 heteroatoms. The van der Waals surface area contributed by atoms with Gasteiger partial charge in [0.2, 0.25) is 0 Å². The van der Waals surface area contributed by atoms with Gasteiger partial charge in [-0.3, -0.25) is 0 Å². The summed E-state index contributed by atoms with van der Waals surface area (Å²) in [6.07, 6.45) is 0. The monoisotopic (exact) mass is 359 g/mol. The normalized spacial score (nSPS) is 11.6. The molecule has 0 bridgehead atoms. The van der Waals surface area contributed by atoms with E-state index in [0.29, 0.717) is 0 Å². The Morgan fingerprint density at radius 3 is 1.48 bits per heavy atom. The number of aryl methyl sites for hydroxylation is 2. The molecule has 0 radical (unpaired) electrons. The Kier molecular flexibility index (Phi) is 3.34. The molecule has 0 aliphatic heterocycles. The summed E-state index contributed by atoms with van der Waals surface area (Å²) in [5.74, 6) is 0. The number of H-pyrrole nitrogens is 1. The first-order valence-electron chi connectivity index (χ1n) is 8.36. The van der Waals surface area contributed by atoms with E-state index in [0.717, 1.165) is 0 Å². The van der Waals surface area contributed by atoms with Crippen LogP contribution >= 0.6 is 22.7 Å². The van der Waals surface area contributed by atoms with Gasteiger partial charge in [-0.2, -0.15) is 0 Å². The summed E-state index contributed by atoms with van der Waals surface area (Å²) in [6.45, 7) is 4.32. The Bertz CT molecular complexity index is 1130. The molecule has 122 valence electrons. The largest absolute Gasteiger partial charge is 0.355 e. The maximum absolute atomic E-state index is 3.55. The summed E-state index contributed by atoms with van der Waals surface area (Å²) >= 11 is 3.70. The fourth-order valence-corrected chi connectivity index (χ4v) is 5.11. The first-order chi connectivity index (χ1) is 12.2. The fraction of sp³-hybridized carbons (Fsp3) is 0.0909. The third-order valence-corrected chi connectivity index (χ3v) is 6.75. The molecule has 5 aromatic rings. The number of benzene rings is 2. The number of hydrogen-bond donors (Lipinski definition) is 1. The standard InChI is InChI=1S/C22H17NS2/c1-13-3-9-21(24-13)15-5-7-19-17(11-15)18-12-16(6-8-20(18)23-19)22-10-4-14(2)25-22/h3-12,23H,1-2H3. The van der Waals surface area contributed by atoms with Gasteiger partial charge in [0.05, 0.1) is 0 Å². The molecule has 0 aliphatic carbocycles. The van der Waals surface area contributed by atoms with Crippen molar-refractivity contribution in [2.75, 3.05) is 0 Å². The average molecular weight is 360 g/mol. The van der Waals surface area contributed by atoms with Crippen molar-refractivity contribution in [3.63, 3.8) is 0 Å². The van der Waals surface area contributed by atoms with Crippen LogP contribution in [-0.4, -0.2) is 4.98 Å². The smallest absolute Gasteiger partial charge is 0.0465 e. The lowest BCUT2D eigenvalue weighted by atomic mass is 10.1. The molecule has 5 rings (SSSR count). The molecule has 0 aliphatic rings. The maximum atomic E-state index is 3.55. The van der Waals surface area contributed by atoms with Crippen LogP contribution in [0.5, 0.6) is 0 Å². The molecular formula is C22H17NS2. The molecule has 1 N–H and O–H groups in total. The molecule has 3 heterocycles. The molecule has 25 heavy (non-hydrogen) atoms. The van der Waals surface area contributed by atoms with Crippen LogP contribution in [0.1, 0.15) is 9.75 Å². The van der Waals surface area contributed by atoms with Gasteiger partial charge in [0.15, 0.2) is 0 Å². The third kappa shape index (κ3) is 2.51. The molecule has 0 unspecified atom stereocenters. The van der Waals surface area contributed by atoms with E-state index in [1.807, 2.05) is 22.7 Å². The van der Waals surface area contributed by atoms with E-state index in [2.05, 4.69) is 79.5 Å². The van der Waals surface area contributed by atoms with Gasteiger partial charge in [-0.25, -0.2) is 0 Å². The van der Waals surface area contributed by atoms with E-state index in [1.54, 1.807) is 0 Å². The van der Waals surface area contributed by atoms with Crippen LogP contribution in [0.15, 0.2) is 60.7 Å². The number of hydrogen-bond acceptors (Lipinski definition) is 2. The van der Waals surface area contributed by atoms with Crippen molar-refractivity contribution in [1.82, 2.24) is 4.98 Å². The highest BCUT2D eigenvalue weighted by atomic mass is 32.1. The van der Waals surface area contributed by atoms with Crippen molar-refractivity contribution in [2.24, 2.45) is 0 Å². The Morgan fingerprint density at radius 2 is 1.08 bits per heavy atom. The Hall–Kier alpha value is -2.36. The van der Waals surface area contributed by atoms with E-state index in [1.165, 1.54) is 52.4 Å². The number of aromatic amines is 1. The first-order valence-corrected chi connectivity index (χ1v) is 10.00. The molecule has 3 aromatic heterocycles. The summed E-state index contributed by atoms with van der Waals surface area (Å²) < 4.78 is 0. The van der Waals surface area contributed by atoms with Gasteiger partial charge >= 0.3 is 0 Å². The predicted molar refractivity (Wildman–Crippen MR) is 112 cm³/mol. The summed E-state index contributed by atoms with van der Waals surface area (Å²) in [4.78, 5) is 8.92. The zero-order valence-corrected chi connectivity index (χ0v) is 15.7. The van der Waals surface area contributed by atoms with E-state index in [4.69, 9.17) is 0 Å². The second-order valence-electron chi connectivity index (χ2n) is 6.47. The number of nitrogens with one attached hydrogen (secondary N) is 1. The molecule has 2 aromatic carbocycles. The van der Waals surface area contributed by atoms with Crippen molar-refractivity contribution in [3.05, 3.63) is 70.4 Å². The molecule has 1 nitrogen and oxygen atoms in total. The van der Waals surface area contributed by atoms with Crippen molar-refractivity contribution in [2.45, 2.75) is 13.8 Å². The highest BCUT2D eigenvalue weighted by Gasteiger charge is 2.09. The summed E-state index contributed by atoms with van der Waals surface area (Å²) in [5.41, 5.74) is 4.99. The third-order valence-electron chi connectivity index (χ3n) is 4.65. The molecule has 0 saturated carbocycles. The highest BCUT2D eigenvalue weighted by molar-refractivity contribution is 7.15. The van der Waals surface area contributed by atoms with Crippen LogP contribution in [0.25, 0.3) is 42.7 Å². The van der Waals surface area contributed by atoms with Crippen LogP contribution < -0.4 is 0 Å². The summed E-state index contributed by atoms with van der Waals surface area (Å²) in [5, 5.41) is 2.60.